The van der Waals surface area contributed by atoms with E-state index in [1.807, 2.05) is 30.3 Å². The Balaban J connectivity index is 2.09. The molecule has 4 nitrogen and oxygen atoms in total. The molecule has 0 radical (unpaired) electrons. The number of anilines is 1. The van der Waals surface area contributed by atoms with Gasteiger partial charge in [0.15, 0.2) is 0 Å². The minimum absolute atomic E-state index is 0.0363. The number of hydrogen-bond donors (Lipinski definition) is 3. The van der Waals surface area contributed by atoms with Crippen molar-refractivity contribution >= 4 is 33.5 Å². The number of hydrogen-bond acceptors (Lipinski definition) is 5. The summed E-state index contributed by atoms with van der Waals surface area (Å²) >= 11 is 5.24. The highest BCUT2D eigenvalue weighted by Crippen LogP contribution is 2.31. The molecule has 0 aliphatic carbocycles. The van der Waals surface area contributed by atoms with Crippen molar-refractivity contribution < 1.29 is 0 Å². The second kappa shape index (κ2) is 6.91. The third-order valence-corrected chi connectivity index (χ3v) is 4.81. The molecular weight excluding hydrogens is 324 g/mol. The molecule has 2 aromatic rings. The Morgan fingerprint density at radius 2 is 2.05 bits per heavy atom. The number of halogens is 1. The van der Waals surface area contributed by atoms with Crippen molar-refractivity contribution in [2.24, 2.45) is 5.84 Å². The van der Waals surface area contributed by atoms with Crippen LogP contribution < -0.4 is 17.0 Å². The van der Waals surface area contributed by atoms with Gasteiger partial charge in [0.05, 0.1) is 6.04 Å². The molecule has 0 spiro atoms. The standard InChI is InChI=1S/C13H15BrN4S/c14-10-5-1-2-6-12(10)19-8-11(18-16)9-4-3-7-17-13(9)15/h1-7,11,18H,8,16H2,(H2,15,17). The van der Waals surface area contributed by atoms with E-state index < -0.39 is 0 Å². The number of nitrogens with zero attached hydrogens (tertiary/aromatic N) is 1. The second-order valence-electron chi connectivity index (χ2n) is 3.94. The molecule has 5 N–H and O–H groups in total. The summed E-state index contributed by atoms with van der Waals surface area (Å²) in [5, 5.41) is 0. The van der Waals surface area contributed by atoms with E-state index in [1.165, 1.54) is 4.90 Å². The quantitative estimate of drug-likeness (QED) is 0.444. The van der Waals surface area contributed by atoms with Gasteiger partial charge in [-0.2, -0.15) is 0 Å². The molecule has 19 heavy (non-hydrogen) atoms. The summed E-state index contributed by atoms with van der Waals surface area (Å²) in [5.74, 6) is 6.90. The maximum absolute atomic E-state index is 5.87. The van der Waals surface area contributed by atoms with E-state index in [1.54, 1.807) is 18.0 Å². The molecule has 0 amide bonds. The maximum atomic E-state index is 5.87. The Morgan fingerprint density at radius 1 is 1.26 bits per heavy atom. The van der Waals surface area contributed by atoms with Crippen LogP contribution in [0.4, 0.5) is 5.82 Å². The monoisotopic (exact) mass is 338 g/mol. The average molecular weight is 339 g/mol. The summed E-state index contributed by atoms with van der Waals surface area (Å²) in [6, 6.07) is 11.8. The first kappa shape index (κ1) is 14.3. The number of aromatic nitrogens is 1. The highest BCUT2D eigenvalue weighted by atomic mass is 79.9. The highest BCUT2D eigenvalue weighted by Gasteiger charge is 2.14. The predicted molar refractivity (Wildman–Crippen MR) is 83.6 cm³/mol. The summed E-state index contributed by atoms with van der Waals surface area (Å²) in [4.78, 5) is 5.26. The molecule has 1 heterocycles. The number of nitrogens with one attached hydrogen (secondary N) is 1. The van der Waals surface area contributed by atoms with E-state index in [9.17, 15) is 0 Å². The van der Waals surface area contributed by atoms with Gasteiger partial charge in [0.1, 0.15) is 5.82 Å². The number of nitrogens with two attached hydrogens (primary N) is 2. The summed E-state index contributed by atoms with van der Waals surface area (Å²) in [6.45, 7) is 0. The summed E-state index contributed by atoms with van der Waals surface area (Å²) < 4.78 is 1.08. The van der Waals surface area contributed by atoms with Crippen molar-refractivity contribution in [3.8, 4) is 0 Å². The van der Waals surface area contributed by atoms with Crippen LogP contribution >= 0.6 is 27.7 Å². The number of pyridine rings is 1. The van der Waals surface area contributed by atoms with E-state index in [-0.39, 0.29) is 6.04 Å². The lowest BCUT2D eigenvalue weighted by Gasteiger charge is -2.17. The first-order valence-electron chi connectivity index (χ1n) is 5.76. The second-order valence-corrected chi connectivity index (χ2v) is 5.85. The van der Waals surface area contributed by atoms with Gasteiger partial charge in [-0.25, -0.2) is 4.98 Å². The Morgan fingerprint density at radius 3 is 2.74 bits per heavy atom. The van der Waals surface area contributed by atoms with Crippen molar-refractivity contribution in [1.29, 1.82) is 0 Å². The molecule has 0 saturated carbocycles. The molecule has 0 aliphatic rings. The molecule has 0 bridgehead atoms. The molecule has 100 valence electrons. The van der Waals surface area contributed by atoms with Gasteiger partial charge in [0.2, 0.25) is 0 Å². The minimum Gasteiger partial charge on any atom is -0.383 e. The number of hydrazine groups is 1. The zero-order valence-corrected chi connectivity index (χ0v) is 12.6. The van der Waals surface area contributed by atoms with E-state index in [4.69, 9.17) is 11.6 Å². The van der Waals surface area contributed by atoms with Crippen LogP contribution in [0.5, 0.6) is 0 Å². The largest absolute Gasteiger partial charge is 0.383 e. The fourth-order valence-electron chi connectivity index (χ4n) is 1.69. The average Bonchev–Trinajstić information content (AvgIpc) is 2.43. The normalized spacial score (nSPS) is 12.3. The van der Waals surface area contributed by atoms with E-state index >= 15 is 0 Å². The van der Waals surface area contributed by atoms with Gasteiger partial charge in [0.25, 0.3) is 0 Å². The Labute approximate surface area is 125 Å². The molecule has 2 rings (SSSR count). The van der Waals surface area contributed by atoms with E-state index in [2.05, 4.69) is 32.4 Å². The zero-order chi connectivity index (χ0) is 13.7. The van der Waals surface area contributed by atoms with Crippen LogP contribution in [0, 0.1) is 0 Å². The molecule has 1 aromatic heterocycles. The van der Waals surface area contributed by atoms with Crippen molar-refractivity contribution in [3.63, 3.8) is 0 Å². The SMILES string of the molecule is NNC(CSc1ccccc1Br)c1cccnc1N. The van der Waals surface area contributed by atoms with Crippen LogP contribution in [0.3, 0.4) is 0 Å². The van der Waals surface area contributed by atoms with Gasteiger partial charge in [0, 0.05) is 26.9 Å². The third kappa shape index (κ3) is 3.70. The van der Waals surface area contributed by atoms with Gasteiger partial charge in [-0.3, -0.25) is 11.3 Å². The summed E-state index contributed by atoms with van der Waals surface area (Å²) in [7, 11) is 0. The van der Waals surface area contributed by atoms with Crippen LogP contribution in [0.15, 0.2) is 52.0 Å². The van der Waals surface area contributed by atoms with Gasteiger partial charge in [-0.05, 0) is 34.1 Å². The Kier molecular flexibility index (Phi) is 5.21. The molecular formula is C13H15BrN4S. The fraction of sp³-hybridized carbons (Fsp3) is 0.154. The number of rotatable bonds is 5. The molecule has 0 fully saturated rings. The Hall–Kier alpha value is -1.08. The van der Waals surface area contributed by atoms with Gasteiger partial charge in [-0.1, -0.05) is 18.2 Å². The third-order valence-electron chi connectivity index (χ3n) is 2.69. The van der Waals surface area contributed by atoms with Gasteiger partial charge < -0.3 is 5.73 Å². The van der Waals surface area contributed by atoms with Crippen molar-refractivity contribution in [2.45, 2.75) is 10.9 Å². The van der Waals surface area contributed by atoms with Crippen LogP contribution in [-0.4, -0.2) is 10.7 Å². The number of nitrogen functional groups attached to an aromatic ring is 1. The van der Waals surface area contributed by atoms with Crippen molar-refractivity contribution in [2.75, 3.05) is 11.5 Å². The highest BCUT2D eigenvalue weighted by molar-refractivity contribution is 9.10. The van der Waals surface area contributed by atoms with Crippen molar-refractivity contribution in [3.05, 3.63) is 52.6 Å². The van der Waals surface area contributed by atoms with E-state index in [0.717, 1.165) is 15.8 Å². The zero-order valence-electron chi connectivity index (χ0n) is 10.2. The van der Waals surface area contributed by atoms with Crippen LogP contribution in [0.25, 0.3) is 0 Å². The molecule has 6 heteroatoms. The molecule has 0 saturated heterocycles. The van der Waals surface area contributed by atoms with E-state index in [0.29, 0.717) is 5.82 Å². The molecule has 1 unspecified atom stereocenters. The topological polar surface area (TPSA) is 77.0 Å². The number of benzene rings is 1. The smallest absolute Gasteiger partial charge is 0.128 e. The van der Waals surface area contributed by atoms with Gasteiger partial charge in [-0.15, -0.1) is 11.8 Å². The van der Waals surface area contributed by atoms with Crippen molar-refractivity contribution in [1.82, 2.24) is 10.4 Å². The fourth-order valence-corrected chi connectivity index (χ4v) is 3.32. The minimum atomic E-state index is -0.0363. The molecule has 0 aliphatic heterocycles. The molecule has 1 aromatic carbocycles. The number of thioether (sulfide) groups is 1. The Bertz CT molecular complexity index is 550. The lowest BCUT2D eigenvalue weighted by Crippen LogP contribution is -2.30. The lowest BCUT2D eigenvalue weighted by atomic mass is 10.1. The summed E-state index contributed by atoms with van der Waals surface area (Å²) in [6.07, 6.45) is 1.67. The maximum Gasteiger partial charge on any atom is 0.128 e. The lowest BCUT2D eigenvalue weighted by molar-refractivity contribution is 0.610. The first-order chi connectivity index (χ1) is 9.22. The predicted octanol–water partition coefficient (Wildman–Crippen LogP) is 2.72. The van der Waals surface area contributed by atoms with Crippen LogP contribution in [-0.2, 0) is 0 Å². The van der Waals surface area contributed by atoms with Crippen LogP contribution in [0.2, 0.25) is 0 Å². The van der Waals surface area contributed by atoms with Gasteiger partial charge >= 0.3 is 0 Å². The molecule has 1 atom stereocenters. The summed E-state index contributed by atoms with van der Waals surface area (Å²) in [5.41, 5.74) is 9.58. The first-order valence-corrected chi connectivity index (χ1v) is 7.54. The van der Waals surface area contributed by atoms with Crippen LogP contribution in [0.1, 0.15) is 11.6 Å².